The van der Waals surface area contributed by atoms with E-state index in [4.69, 9.17) is 18.0 Å². The molecular formula is C14H21N3O2S2. The Bertz CT molecular complexity index is 608. The van der Waals surface area contributed by atoms with Crippen LogP contribution in [-0.2, 0) is 10.0 Å². The van der Waals surface area contributed by atoms with E-state index in [9.17, 15) is 8.42 Å². The number of benzene rings is 1. The first kappa shape index (κ1) is 16.4. The standard InChI is InChI=1S/C14H21N3O2S2/c1-11-3-2-4-13(9-11)21(18,19)16-12-5-7-17(8-6-12)10-14(15)20/h2-4,9,12,16H,5-8,10H2,1H3,(H2,15,20). The van der Waals surface area contributed by atoms with Crippen molar-refractivity contribution in [2.24, 2.45) is 5.73 Å². The summed E-state index contributed by atoms with van der Waals surface area (Å²) in [6.45, 7) is 4.09. The summed E-state index contributed by atoms with van der Waals surface area (Å²) in [7, 11) is -3.44. The summed E-state index contributed by atoms with van der Waals surface area (Å²) >= 11 is 4.89. The van der Waals surface area contributed by atoms with E-state index in [1.54, 1.807) is 18.2 Å². The highest BCUT2D eigenvalue weighted by Gasteiger charge is 2.24. The first-order valence-electron chi connectivity index (χ1n) is 6.96. The number of hydrogen-bond donors (Lipinski definition) is 2. The Morgan fingerprint density at radius 3 is 2.67 bits per heavy atom. The van der Waals surface area contributed by atoms with Gasteiger partial charge in [-0.1, -0.05) is 24.4 Å². The van der Waals surface area contributed by atoms with Gasteiger partial charge in [-0.05, 0) is 37.5 Å². The molecule has 0 atom stereocenters. The first-order valence-corrected chi connectivity index (χ1v) is 8.85. The van der Waals surface area contributed by atoms with Gasteiger partial charge in [-0.2, -0.15) is 0 Å². The van der Waals surface area contributed by atoms with Gasteiger partial charge in [-0.3, -0.25) is 4.90 Å². The molecule has 0 aliphatic carbocycles. The van der Waals surface area contributed by atoms with Crippen molar-refractivity contribution >= 4 is 27.2 Å². The van der Waals surface area contributed by atoms with Crippen molar-refractivity contribution in [3.8, 4) is 0 Å². The predicted octanol–water partition coefficient (Wildman–Crippen LogP) is 1.02. The molecule has 1 aliphatic heterocycles. The quantitative estimate of drug-likeness (QED) is 0.790. The fourth-order valence-electron chi connectivity index (χ4n) is 2.50. The molecule has 21 heavy (non-hydrogen) atoms. The normalized spacial score (nSPS) is 17.8. The van der Waals surface area contributed by atoms with Crippen LogP contribution in [0.15, 0.2) is 29.2 Å². The fourth-order valence-corrected chi connectivity index (χ4v) is 4.09. The minimum Gasteiger partial charge on any atom is -0.392 e. The zero-order chi connectivity index (χ0) is 15.5. The van der Waals surface area contributed by atoms with E-state index in [1.807, 2.05) is 13.0 Å². The van der Waals surface area contributed by atoms with Crippen molar-refractivity contribution in [1.29, 1.82) is 0 Å². The molecule has 3 N–H and O–H groups in total. The molecule has 1 aromatic rings. The number of rotatable bonds is 5. The number of likely N-dealkylation sites (tertiary alicyclic amines) is 1. The van der Waals surface area contributed by atoms with Crippen LogP contribution in [0.25, 0.3) is 0 Å². The van der Waals surface area contributed by atoms with Gasteiger partial charge in [-0.15, -0.1) is 0 Å². The zero-order valence-corrected chi connectivity index (χ0v) is 13.7. The number of nitrogens with one attached hydrogen (secondary N) is 1. The van der Waals surface area contributed by atoms with Crippen LogP contribution < -0.4 is 10.5 Å². The second kappa shape index (κ2) is 6.83. The van der Waals surface area contributed by atoms with Crippen molar-refractivity contribution in [3.63, 3.8) is 0 Å². The molecule has 7 heteroatoms. The van der Waals surface area contributed by atoms with Crippen LogP contribution in [0.4, 0.5) is 0 Å². The SMILES string of the molecule is Cc1cccc(S(=O)(=O)NC2CCN(CC(N)=S)CC2)c1. The molecule has 2 rings (SSSR count). The third kappa shape index (κ3) is 4.74. The highest BCUT2D eigenvalue weighted by atomic mass is 32.2. The van der Waals surface area contributed by atoms with E-state index in [0.717, 1.165) is 31.5 Å². The Morgan fingerprint density at radius 1 is 1.43 bits per heavy atom. The largest absolute Gasteiger partial charge is 0.392 e. The van der Waals surface area contributed by atoms with Crippen molar-refractivity contribution in [1.82, 2.24) is 9.62 Å². The van der Waals surface area contributed by atoms with Gasteiger partial charge in [-0.25, -0.2) is 13.1 Å². The Kier molecular flexibility index (Phi) is 5.32. The molecule has 0 saturated carbocycles. The van der Waals surface area contributed by atoms with Gasteiger partial charge in [0.25, 0.3) is 0 Å². The molecule has 0 radical (unpaired) electrons. The molecule has 1 aromatic carbocycles. The first-order chi connectivity index (χ1) is 9.87. The Labute approximate surface area is 131 Å². The molecule has 1 aliphatic rings. The zero-order valence-electron chi connectivity index (χ0n) is 12.1. The van der Waals surface area contributed by atoms with Gasteiger partial charge in [0.15, 0.2) is 0 Å². The van der Waals surface area contributed by atoms with Gasteiger partial charge in [0.05, 0.1) is 9.88 Å². The lowest BCUT2D eigenvalue weighted by Crippen LogP contribution is -2.46. The minimum atomic E-state index is -3.44. The lowest BCUT2D eigenvalue weighted by atomic mass is 10.1. The van der Waals surface area contributed by atoms with Crippen molar-refractivity contribution < 1.29 is 8.42 Å². The smallest absolute Gasteiger partial charge is 0.240 e. The summed E-state index contributed by atoms with van der Waals surface area (Å²) in [5.74, 6) is 0. The lowest BCUT2D eigenvalue weighted by Gasteiger charge is -2.31. The Balaban J connectivity index is 1.95. The summed E-state index contributed by atoms with van der Waals surface area (Å²) in [5.41, 5.74) is 6.46. The number of hydrogen-bond acceptors (Lipinski definition) is 4. The van der Waals surface area contributed by atoms with Gasteiger partial charge >= 0.3 is 0 Å². The van der Waals surface area contributed by atoms with Crippen LogP contribution in [0.3, 0.4) is 0 Å². The van der Waals surface area contributed by atoms with Crippen LogP contribution in [0.1, 0.15) is 18.4 Å². The molecular weight excluding hydrogens is 306 g/mol. The van der Waals surface area contributed by atoms with Crippen LogP contribution >= 0.6 is 12.2 Å². The van der Waals surface area contributed by atoms with Crippen LogP contribution in [0, 0.1) is 6.92 Å². The minimum absolute atomic E-state index is 0.0295. The highest BCUT2D eigenvalue weighted by molar-refractivity contribution is 7.89. The topological polar surface area (TPSA) is 75.4 Å². The van der Waals surface area contributed by atoms with Crippen molar-refractivity contribution in [3.05, 3.63) is 29.8 Å². The molecule has 1 saturated heterocycles. The average molecular weight is 327 g/mol. The van der Waals surface area contributed by atoms with Crippen LogP contribution in [-0.4, -0.2) is 44.0 Å². The Morgan fingerprint density at radius 2 is 2.10 bits per heavy atom. The summed E-state index contributed by atoms with van der Waals surface area (Å²) in [5, 5.41) is 0. The molecule has 1 fully saturated rings. The molecule has 0 amide bonds. The maximum absolute atomic E-state index is 12.3. The van der Waals surface area contributed by atoms with Gasteiger partial charge in [0.1, 0.15) is 0 Å². The predicted molar refractivity (Wildman–Crippen MR) is 87.7 cm³/mol. The van der Waals surface area contributed by atoms with E-state index < -0.39 is 10.0 Å². The third-order valence-electron chi connectivity index (χ3n) is 3.59. The second-order valence-corrected chi connectivity index (χ2v) is 7.69. The molecule has 5 nitrogen and oxygen atoms in total. The van der Waals surface area contributed by atoms with E-state index >= 15 is 0 Å². The van der Waals surface area contributed by atoms with E-state index in [2.05, 4.69) is 9.62 Å². The molecule has 0 aromatic heterocycles. The molecule has 0 unspecified atom stereocenters. The molecule has 1 heterocycles. The number of aryl methyl sites for hydroxylation is 1. The van der Waals surface area contributed by atoms with E-state index in [-0.39, 0.29) is 6.04 Å². The van der Waals surface area contributed by atoms with Crippen LogP contribution in [0.2, 0.25) is 0 Å². The maximum atomic E-state index is 12.3. The summed E-state index contributed by atoms with van der Waals surface area (Å²) in [4.78, 5) is 2.96. The summed E-state index contributed by atoms with van der Waals surface area (Å²) in [6.07, 6.45) is 1.54. The average Bonchev–Trinajstić information content (AvgIpc) is 2.40. The van der Waals surface area contributed by atoms with Gasteiger partial charge in [0.2, 0.25) is 10.0 Å². The molecule has 0 bridgehead atoms. The number of sulfonamides is 1. The fraction of sp³-hybridized carbons (Fsp3) is 0.500. The van der Waals surface area contributed by atoms with E-state index in [1.165, 1.54) is 0 Å². The number of thiocarbonyl (C=S) groups is 1. The van der Waals surface area contributed by atoms with Crippen molar-refractivity contribution in [2.75, 3.05) is 19.6 Å². The van der Waals surface area contributed by atoms with Gasteiger partial charge in [0, 0.05) is 25.7 Å². The monoisotopic (exact) mass is 327 g/mol. The second-order valence-electron chi connectivity index (χ2n) is 5.45. The lowest BCUT2D eigenvalue weighted by molar-refractivity contribution is 0.233. The van der Waals surface area contributed by atoms with Crippen LogP contribution in [0.5, 0.6) is 0 Å². The number of piperidine rings is 1. The molecule has 116 valence electrons. The summed E-state index contributed by atoms with van der Waals surface area (Å²) in [6, 6.07) is 6.92. The van der Waals surface area contributed by atoms with E-state index in [0.29, 0.717) is 16.4 Å². The van der Waals surface area contributed by atoms with Crippen molar-refractivity contribution in [2.45, 2.75) is 30.7 Å². The number of nitrogens with zero attached hydrogens (tertiary/aromatic N) is 1. The molecule has 0 spiro atoms. The van der Waals surface area contributed by atoms with Gasteiger partial charge < -0.3 is 5.73 Å². The maximum Gasteiger partial charge on any atom is 0.240 e. The number of nitrogens with two attached hydrogens (primary N) is 1. The Hall–Kier alpha value is -1.02. The highest BCUT2D eigenvalue weighted by Crippen LogP contribution is 2.15. The third-order valence-corrected chi connectivity index (χ3v) is 5.24. The summed E-state index contributed by atoms with van der Waals surface area (Å²) < 4.78 is 27.5.